The van der Waals surface area contributed by atoms with E-state index in [1.54, 1.807) is 7.11 Å². The first-order valence-electron chi connectivity index (χ1n) is 8.06. The van der Waals surface area contributed by atoms with Crippen molar-refractivity contribution in [1.29, 1.82) is 0 Å². The number of ether oxygens (including phenoxy) is 2. The van der Waals surface area contributed by atoms with Gasteiger partial charge in [-0.05, 0) is 55.4 Å². The van der Waals surface area contributed by atoms with Crippen LogP contribution in [0.1, 0.15) is 25.7 Å². The second kappa shape index (κ2) is 7.18. The van der Waals surface area contributed by atoms with Gasteiger partial charge in [-0.25, -0.2) is 0 Å². The summed E-state index contributed by atoms with van der Waals surface area (Å²) >= 11 is 5.38. The Kier molecular flexibility index (Phi) is 5.03. The highest BCUT2D eigenvalue weighted by molar-refractivity contribution is 7.80. The van der Waals surface area contributed by atoms with Gasteiger partial charge in [0.25, 0.3) is 0 Å². The quantitative estimate of drug-likeness (QED) is 0.623. The molecule has 3 rings (SSSR count). The van der Waals surface area contributed by atoms with Gasteiger partial charge in [0.1, 0.15) is 6.61 Å². The van der Waals surface area contributed by atoms with E-state index >= 15 is 0 Å². The zero-order chi connectivity index (χ0) is 15.4. The molecular weight excluding hydrogens is 296 g/mol. The maximum absolute atomic E-state index is 5.72. The zero-order valence-corrected chi connectivity index (χ0v) is 13.8. The van der Waals surface area contributed by atoms with Gasteiger partial charge in [0, 0.05) is 6.04 Å². The van der Waals surface area contributed by atoms with Crippen LogP contribution < -0.4 is 20.1 Å². The third-order valence-electron chi connectivity index (χ3n) is 4.77. The fraction of sp³-hybridized carbons (Fsp3) is 0.588. The summed E-state index contributed by atoms with van der Waals surface area (Å²) in [6.45, 7) is 1.24. The molecular formula is C17H24N2O2S. The molecule has 120 valence electrons. The lowest BCUT2D eigenvalue weighted by molar-refractivity contribution is 0.297. The summed E-state index contributed by atoms with van der Waals surface area (Å²) in [6.07, 6.45) is 5.44. The molecule has 0 heterocycles. The minimum atomic E-state index is 0.554. The number of nitrogens with one attached hydrogen (secondary N) is 2. The Labute approximate surface area is 137 Å². The molecule has 1 aromatic carbocycles. The van der Waals surface area contributed by atoms with Gasteiger partial charge in [0.2, 0.25) is 0 Å². The monoisotopic (exact) mass is 320 g/mol. The Morgan fingerprint density at radius 2 is 2.05 bits per heavy atom. The van der Waals surface area contributed by atoms with Gasteiger partial charge in [-0.15, -0.1) is 0 Å². The van der Waals surface area contributed by atoms with E-state index < -0.39 is 0 Å². The standard InChI is InChI=1S/C17H24N2O2S/c1-20-15-4-2-3-5-16(15)21-9-8-18-17(22)19-14-11-12-6-7-13(14)10-12/h2-5,12-14H,6-11H2,1H3,(H2,18,19,22)/t12-,13-,14+/m1/s1. The van der Waals surface area contributed by atoms with Crippen LogP contribution in [0.4, 0.5) is 0 Å². The van der Waals surface area contributed by atoms with Gasteiger partial charge in [0.15, 0.2) is 16.6 Å². The summed E-state index contributed by atoms with van der Waals surface area (Å²) in [5, 5.41) is 7.45. The summed E-state index contributed by atoms with van der Waals surface area (Å²) in [6, 6.07) is 8.24. The smallest absolute Gasteiger partial charge is 0.166 e. The van der Waals surface area contributed by atoms with E-state index in [0.29, 0.717) is 19.2 Å². The highest BCUT2D eigenvalue weighted by atomic mass is 32.1. The lowest BCUT2D eigenvalue weighted by Gasteiger charge is -2.24. The Balaban J connectivity index is 1.35. The van der Waals surface area contributed by atoms with Crippen molar-refractivity contribution in [3.63, 3.8) is 0 Å². The molecule has 0 radical (unpaired) electrons. The molecule has 4 nitrogen and oxygen atoms in total. The van der Waals surface area contributed by atoms with Gasteiger partial charge in [-0.3, -0.25) is 0 Å². The minimum absolute atomic E-state index is 0.554. The first-order valence-corrected chi connectivity index (χ1v) is 8.47. The largest absolute Gasteiger partial charge is 0.493 e. The van der Waals surface area contributed by atoms with E-state index in [1.165, 1.54) is 25.7 Å². The molecule has 0 spiro atoms. The fourth-order valence-corrected chi connectivity index (χ4v) is 3.96. The maximum Gasteiger partial charge on any atom is 0.166 e. The minimum Gasteiger partial charge on any atom is -0.493 e. The molecule has 1 aromatic rings. The first kappa shape index (κ1) is 15.4. The van der Waals surface area contributed by atoms with Gasteiger partial charge in [-0.2, -0.15) is 0 Å². The molecule has 2 aliphatic rings. The van der Waals surface area contributed by atoms with Crippen LogP contribution in [0, 0.1) is 11.8 Å². The van der Waals surface area contributed by atoms with Gasteiger partial charge in [0.05, 0.1) is 13.7 Å². The van der Waals surface area contributed by atoms with Crippen molar-refractivity contribution >= 4 is 17.3 Å². The SMILES string of the molecule is COc1ccccc1OCCNC(=S)N[C@H]1C[C@@H]2CC[C@@H]1C2. The average Bonchev–Trinajstić information content (AvgIpc) is 3.14. The second-order valence-electron chi connectivity index (χ2n) is 6.18. The van der Waals surface area contributed by atoms with Crippen LogP contribution in [0.3, 0.4) is 0 Å². The highest BCUT2D eigenvalue weighted by Gasteiger charge is 2.39. The molecule has 3 atom stereocenters. The number of benzene rings is 1. The summed E-state index contributed by atoms with van der Waals surface area (Å²) in [5.74, 6) is 3.28. The molecule has 2 bridgehead atoms. The van der Waals surface area contributed by atoms with Crippen molar-refractivity contribution in [3.05, 3.63) is 24.3 Å². The van der Waals surface area contributed by atoms with Crippen LogP contribution in [0.25, 0.3) is 0 Å². The lowest BCUT2D eigenvalue weighted by Crippen LogP contribution is -2.45. The number of hydrogen-bond acceptors (Lipinski definition) is 3. The molecule has 2 saturated carbocycles. The number of para-hydroxylation sites is 2. The maximum atomic E-state index is 5.72. The first-order chi connectivity index (χ1) is 10.8. The van der Waals surface area contributed by atoms with Crippen LogP contribution in [0.15, 0.2) is 24.3 Å². The average molecular weight is 320 g/mol. The van der Waals surface area contributed by atoms with E-state index in [0.717, 1.165) is 28.4 Å². The van der Waals surface area contributed by atoms with Crippen LogP contribution in [-0.2, 0) is 0 Å². The normalized spacial score (nSPS) is 25.8. The number of fused-ring (bicyclic) bond motifs is 2. The van der Waals surface area contributed by atoms with E-state index in [4.69, 9.17) is 21.7 Å². The van der Waals surface area contributed by atoms with E-state index in [-0.39, 0.29) is 0 Å². The molecule has 5 heteroatoms. The van der Waals surface area contributed by atoms with Crippen molar-refractivity contribution in [1.82, 2.24) is 10.6 Å². The molecule has 2 aliphatic carbocycles. The Morgan fingerprint density at radius 1 is 1.23 bits per heavy atom. The summed E-state index contributed by atoms with van der Waals surface area (Å²) < 4.78 is 11.0. The van der Waals surface area contributed by atoms with Crippen LogP contribution in [0.5, 0.6) is 11.5 Å². The highest BCUT2D eigenvalue weighted by Crippen LogP contribution is 2.44. The van der Waals surface area contributed by atoms with E-state index in [2.05, 4.69) is 10.6 Å². The van der Waals surface area contributed by atoms with Crippen molar-refractivity contribution in [2.45, 2.75) is 31.7 Å². The number of thiocarbonyl (C=S) groups is 1. The van der Waals surface area contributed by atoms with Crippen molar-refractivity contribution in [3.8, 4) is 11.5 Å². The predicted octanol–water partition coefficient (Wildman–Crippen LogP) is 2.73. The molecule has 0 aromatic heterocycles. The Hall–Kier alpha value is -1.49. The third kappa shape index (κ3) is 3.64. The van der Waals surface area contributed by atoms with E-state index in [9.17, 15) is 0 Å². The topological polar surface area (TPSA) is 42.5 Å². The molecule has 2 N–H and O–H groups in total. The summed E-state index contributed by atoms with van der Waals surface area (Å²) in [4.78, 5) is 0. The van der Waals surface area contributed by atoms with Crippen LogP contribution in [-0.4, -0.2) is 31.4 Å². The van der Waals surface area contributed by atoms with Crippen LogP contribution in [0.2, 0.25) is 0 Å². The summed E-state index contributed by atoms with van der Waals surface area (Å²) in [7, 11) is 1.65. The Morgan fingerprint density at radius 3 is 2.73 bits per heavy atom. The van der Waals surface area contributed by atoms with Gasteiger partial charge in [-0.1, -0.05) is 18.6 Å². The van der Waals surface area contributed by atoms with Gasteiger partial charge < -0.3 is 20.1 Å². The Bertz CT molecular complexity index is 523. The molecule has 0 aliphatic heterocycles. The molecule has 0 saturated heterocycles. The second-order valence-corrected chi connectivity index (χ2v) is 6.59. The molecule has 22 heavy (non-hydrogen) atoms. The van der Waals surface area contributed by atoms with Crippen molar-refractivity contribution < 1.29 is 9.47 Å². The number of methoxy groups -OCH3 is 1. The number of rotatable bonds is 6. The lowest BCUT2D eigenvalue weighted by atomic mass is 9.96. The van der Waals surface area contributed by atoms with Crippen molar-refractivity contribution in [2.24, 2.45) is 11.8 Å². The molecule has 2 fully saturated rings. The molecule has 0 amide bonds. The summed E-state index contributed by atoms with van der Waals surface area (Å²) in [5.41, 5.74) is 0. The van der Waals surface area contributed by atoms with Crippen molar-refractivity contribution in [2.75, 3.05) is 20.3 Å². The van der Waals surface area contributed by atoms with Gasteiger partial charge >= 0.3 is 0 Å². The van der Waals surface area contributed by atoms with Crippen LogP contribution >= 0.6 is 12.2 Å². The fourth-order valence-electron chi connectivity index (χ4n) is 3.70. The van der Waals surface area contributed by atoms with E-state index in [1.807, 2.05) is 24.3 Å². The zero-order valence-electron chi connectivity index (χ0n) is 13.0. The third-order valence-corrected chi connectivity index (χ3v) is 5.03. The molecule has 0 unspecified atom stereocenters. The predicted molar refractivity (Wildman–Crippen MR) is 91.5 cm³/mol. The number of hydrogen-bond donors (Lipinski definition) is 2.